The van der Waals surface area contributed by atoms with Crippen LogP contribution in [0, 0.1) is 23.6 Å². The van der Waals surface area contributed by atoms with Gasteiger partial charge in [-0.25, -0.2) is 4.39 Å². The summed E-state index contributed by atoms with van der Waals surface area (Å²) in [6, 6.07) is 16.8. The van der Waals surface area contributed by atoms with Gasteiger partial charge in [-0.2, -0.15) is 0 Å². The molecule has 2 atom stereocenters. The Morgan fingerprint density at radius 1 is 1.00 bits per heavy atom. The Balaban J connectivity index is 1.23. The predicted molar refractivity (Wildman–Crippen MR) is 123 cm³/mol. The van der Waals surface area contributed by atoms with E-state index < -0.39 is 0 Å². The zero-order valence-electron chi connectivity index (χ0n) is 19.2. The molecule has 1 heterocycles. The number of methoxy groups -OCH3 is 1. The number of hydrogen-bond donors (Lipinski definition) is 0. The predicted octanol–water partition coefficient (Wildman–Crippen LogP) is 4.97. The number of para-hydroxylation sites is 1. The van der Waals surface area contributed by atoms with E-state index in [9.17, 15) is 9.18 Å². The van der Waals surface area contributed by atoms with Gasteiger partial charge in [-0.1, -0.05) is 30.3 Å². The van der Waals surface area contributed by atoms with Crippen molar-refractivity contribution in [3.8, 4) is 5.75 Å². The Hall–Kier alpha value is -2.40. The van der Waals surface area contributed by atoms with Crippen molar-refractivity contribution in [3.05, 3.63) is 66.0 Å². The van der Waals surface area contributed by atoms with E-state index in [-0.39, 0.29) is 28.8 Å². The van der Waals surface area contributed by atoms with Crippen LogP contribution in [0.15, 0.2) is 54.6 Å². The number of hydrogen-bond acceptors (Lipinski definition) is 3. The quantitative estimate of drug-likeness (QED) is 0.625. The van der Waals surface area contributed by atoms with E-state index in [0.717, 1.165) is 43.4 Å². The number of carbonyl (C=O) groups is 1. The minimum absolute atomic E-state index is 0.0333. The van der Waals surface area contributed by atoms with Gasteiger partial charge < -0.3 is 14.4 Å². The minimum Gasteiger partial charge on any atom is -0.487 e. The number of ether oxygens (including phenoxy) is 2. The van der Waals surface area contributed by atoms with Gasteiger partial charge in [-0.05, 0) is 79.7 Å². The highest BCUT2D eigenvalue weighted by Crippen LogP contribution is 2.66. The van der Waals surface area contributed by atoms with Crippen LogP contribution in [0.1, 0.15) is 44.1 Å². The summed E-state index contributed by atoms with van der Waals surface area (Å²) >= 11 is 0. The molecule has 5 aliphatic rings. The fraction of sp³-hybridized carbons (Fsp3) is 0.536. The van der Waals surface area contributed by atoms with Crippen LogP contribution in [0.5, 0.6) is 5.75 Å². The van der Waals surface area contributed by atoms with Crippen molar-refractivity contribution < 1.29 is 18.7 Å². The minimum atomic E-state index is -0.227. The molecule has 174 valence electrons. The molecule has 7 rings (SSSR count). The summed E-state index contributed by atoms with van der Waals surface area (Å²) in [5.74, 6) is 2.31. The molecule has 4 bridgehead atoms. The Morgan fingerprint density at radius 2 is 1.67 bits per heavy atom. The maximum Gasteiger partial charge on any atom is 0.223 e. The normalized spacial score (nSPS) is 34.8. The maximum absolute atomic E-state index is 13.8. The second-order valence-corrected chi connectivity index (χ2v) is 10.8. The molecule has 4 saturated carbocycles. The molecule has 33 heavy (non-hydrogen) atoms. The van der Waals surface area contributed by atoms with E-state index in [0.29, 0.717) is 37.3 Å². The van der Waals surface area contributed by atoms with E-state index in [1.54, 1.807) is 12.1 Å². The van der Waals surface area contributed by atoms with Gasteiger partial charge >= 0.3 is 0 Å². The molecule has 0 spiro atoms. The number of nitrogens with zero attached hydrogens (tertiary/aromatic N) is 1. The average molecular weight is 450 g/mol. The van der Waals surface area contributed by atoms with Crippen molar-refractivity contribution in [1.82, 2.24) is 4.90 Å². The molecule has 0 radical (unpaired) electrons. The summed E-state index contributed by atoms with van der Waals surface area (Å²) in [4.78, 5) is 15.5. The first-order chi connectivity index (χ1) is 16.0. The molecule has 4 nitrogen and oxygen atoms in total. The highest BCUT2D eigenvalue weighted by Gasteiger charge is 2.63. The third-order valence-electron chi connectivity index (χ3n) is 9.10. The van der Waals surface area contributed by atoms with Crippen molar-refractivity contribution in [2.24, 2.45) is 17.8 Å². The number of carbonyl (C=O) groups excluding carboxylic acids is 1. The smallest absolute Gasteiger partial charge is 0.223 e. The van der Waals surface area contributed by atoms with Gasteiger partial charge in [-0.3, -0.25) is 4.79 Å². The SMILES string of the molecule is COC12CC3CC(C1)C(CC(=O)N1CC(Oc4ccccc4)C1)(c1ccc(F)cc1)C(C3)C2. The fourth-order valence-corrected chi connectivity index (χ4v) is 7.67. The molecule has 5 heteroatoms. The largest absolute Gasteiger partial charge is 0.487 e. The van der Waals surface area contributed by atoms with Crippen molar-refractivity contribution in [2.45, 2.75) is 55.6 Å². The van der Waals surface area contributed by atoms with Gasteiger partial charge in [0.15, 0.2) is 0 Å². The van der Waals surface area contributed by atoms with Crippen LogP contribution >= 0.6 is 0 Å². The molecular weight excluding hydrogens is 417 g/mol. The lowest BCUT2D eigenvalue weighted by Gasteiger charge is -2.65. The highest BCUT2D eigenvalue weighted by molar-refractivity contribution is 5.79. The van der Waals surface area contributed by atoms with Crippen LogP contribution < -0.4 is 4.74 Å². The maximum atomic E-state index is 13.8. The number of likely N-dealkylation sites (tertiary alicyclic amines) is 1. The first-order valence-electron chi connectivity index (χ1n) is 12.3. The van der Waals surface area contributed by atoms with Crippen molar-refractivity contribution in [1.29, 1.82) is 0 Å². The Morgan fingerprint density at radius 3 is 2.30 bits per heavy atom. The van der Waals surface area contributed by atoms with Gasteiger partial charge in [0.05, 0.1) is 18.7 Å². The number of halogens is 1. The van der Waals surface area contributed by atoms with Crippen LogP contribution in [0.25, 0.3) is 0 Å². The molecule has 2 aromatic carbocycles. The monoisotopic (exact) mass is 449 g/mol. The molecular formula is C28H32FNO3. The summed E-state index contributed by atoms with van der Waals surface area (Å²) in [7, 11) is 1.85. The third kappa shape index (κ3) is 3.47. The number of amides is 1. The first-order valence-corrected chi connectivity index (χ1v) is 12.3. The highest BCUT2D eigenvalue weighted by atomic mass is 19.1. The van der Waals surface area contributed by atoms with Gasteiger partial charge in [0.1, 0.15) is 17.7 Å². The second kappa shape index (κ2) is 7.83. The Kier molecular flexibility index (Phi) is 5.02. The molecule has 0 N–H and O–H groups in total. The van der Waals surface area contributed by atoms with Crippen molar-refractivity contribution in [3.63, 3.8) is 0 Å². The molecule has 1 aliphatic heterocycles. The Labute approximate surface area is 195 Å². The molecule has 0 aromatic heterocycles. The summed E-state index contributed by atoms with van der Waals surface area (Å²) < 4.78 is 25.9. The van der Waals surface area contributed by atoms with Crippen LogP contribution in [0.4, 0.5) is 4.39 Å². The van der Waals surface area contributed by atoms with Gasteiger partial charge in [0.2, 0.25) is 5.91 Å². The molecule has 2 aromatic rings. The Bertz CT molecular complexity index is 1000. The average Bonchev–Trinajstić information content (AvgIpc) is 2.79. The third-order valence-corrected chi connectivity index (χ3v) is 9.10. The molecule has 1 saturated heterocycles. The molecule has 5 fully saturated rings. The first kappa shape index (κ1) is 21.2. The second-order valence-electron chi connectivity index (χ2n) is 10.8. The van der Waals surface area contributed by atoms with Gasteiger partial charge in [-0.15, -0.1) is 0 Å². The van der Waals surface area contributed by atoms with Gasteiger partial charge in [0, 0.05) is 18.9 Å². The molecule has 1 amide bonds. The van der Waals surface area contributed by atoms with Crippen LogP contribution in [-0.2, 0) is 14.9 Å². The van der Waals surface area contributed by atoms with Crippen LogP contribution in [0.3, 0.4) is 0 Å². The zero-order valence-corrected chi connectivity index (χ0v) is 19.2. The summed E-state index contributed by atoms with van der Waals surface area (Å²) in [5.41, 5.74) is 0.874. The summed E-state index contributed by atoms with van der Waals surface area (Å²) in [6.45, 7) is 1.26. The van der Waals surface area contributed by atoms with Gasteiger partial charge in [0.25, 0.3) is 0 Å². The standard InChI is InChI=1S/C28H32FNO3/c1-32-27-13-19-11-21(14-27)28(22(12-19)15-27,20-7-9-23(29)10-8-20)16-26(31)30-17-25(18-30)33-24-5-3-2-4-6-24/h2-10,19,21-22,25H,11-18H2,1H3. The van der Waals surface area contributed by atoms with E-state index in [4.69, 9.17) is 9.47 Å². The topological polar surface area (TPSA) is 38.8 Å². The van der Waals surface area contributed by atoms with Crippen LogP contribution in [0.2, 0.25) is 0 Å². The number of benzene rings is 2. The van der Waals surface area contributed by atoms with E-state index in [1.165, 1.54) is 0 Å². The summed E-state index contributed by atoms with van der Waals surface area (Å²) in [6.07, 6.45) is 5.99. The van der Waals surface area contributed by atoms with E-state index in [2.05, 4.69) is 0 Å². The van der Waals surface area contributed by atoms with Crippen molar-refractivity contribution >= 4 is 5.91 Å². The lowest BCUT2D eigenvalue weighted by Crippen LogP contribution is -2.64. The van der Waals surface area contributed by atoms with E-state index >= 15 is 0 Å². The molecule has 2 unspecified atom stereocenters. The fourth-order valence-electron chi connectivity index (χ4n) is 7.67. The number of rotatable bonds is 6. The lowest BCUT2D eigenvalue weighted by molar-refractivity contribution is -0.185. The van der Waals surface area contributed by atoms with E-state index in [1.807, 2.05) is 54.5 Å². The summed E-state index contributed by atoms with van der Waals surface area (Å²) in [5, 5.41) is 0. The van der Waals surface area contributed by atoms with Crippen LogP contribution in [-0.4, -0.2) is 42.7 Å². The lowest BCUT2D eigenvalue weighted by atomic mass is 9.41. The molecule has 4 aliphatic carbocycles. The zero-order chi connectivity index (χ0) is 22.6. The van der Waals surface area contributed by atoms with Crippen molar-refractivity contribution in [2.75, 3.05) is 20.2 Å².